The molecule has 0 aliphatic carbocycles. The van der Waals surface area contributed by atoms with Gasteiger partial charge in [0.25, 0.3) is 5.89 Å². The number of benzene rings is 1. The van der Waals surface area contributed by atoms with E-state index in [9.17, 15) is 0 Å². The molecule has 4 nitrogen and oxygen atoms in total. The second-order valence-electron chi connectivity index (χ2n) is 4.03. The van der Waals surface area contributed by atoms with Crippen LogP contribution in [0.4, 0.5) is 0 Å². The molecule has 0 radical (unpaired) electrons. The fraction of sp³-hybridized carbons (Fsp3) is 0. The molecule has 0 fully saturated rings. The van der Waals surface area contributed by atoms with E-state index >= 15 is 0 Å². The summed E-state index contributed by atoms with van der Waals surface area (Å²) in [6, 6.07) is 13.1. The van der Waals surface area contributed by atoms with Crippen molar-refractivity contribution >= 4 is 23.8 Å². The van der Waals surface area contributed by atoms with Gasteiger partial charge in [0.1, 0.15) is 5.69 Å². The molecule has 2 heterocycles. The Bertz CT molecular complexity index is 738. The van der Waals surface area contributed by atoms with Gasteiger partial charge in [0.2, 0.25) is 5.82 Å². The lowest BCUT2D eigenvalue weighted by atomic mass is 10.2. The van der Waals surface area contributed by atoms with Crippen LogP contribution in [0.2, 0.25) is 5.02 Å². The summed E-state index contributed by atoms with van der Waals surface area (Å²) >= 11 is 6.06. The first kappa shape index (κ1) is 12.6. The average molecular weight is 284 g/mol. The van der Waals surface area contributed by atoms with Gasteiger partial charge in [-0.1, -0.05) is 41.0 Å². The van der Waals surface area contributed by atoms with E-state index in [0.717, 1.165) is 5.56 Å². The zero-order chi connectivity index (χ0) is 13.8. The molecule has 0 unspecified atom stereocenters. The summed E-state index contributed by atoms with van der Waals surface area (Å²) in [7, 11) is 0. The predicted octanol–water partition coefficient (Wildman–Crippen LogP) is 3.96. The number of hydrogen-bond acceptors (Lipinski definition) is 4. The van der Waals surface area contributed by atoms with Crippen LogP contribution in [0, 0.1) is 0 Å². The zero-order valence-electron chi connectivity index (χ0n) is 10.4. The minimum atomic E-state index is 0.408. The first-order valence-electron chi connectivity index (χ1n) is 6.01. The highest BCUT2D eigenvalue weighted by atomic mass is 35.5. The molecule has 0 bridgehead atoms. The molecule has 3 aromatic rings. The SMILES string of the molecule is Clc1ccccc1/C=C/c1nc(-c2ccccn2)no1. The largest absolute Gasteiger partial charge is 0.334 e. The standard InChI is InChI=1S/C15H10ClN3O/c16-12-6-2-1-5-11(12)8-9-14-18-15(19-20-14)13-7-3-4-10-17-13/h1-10H/b9-8+. The van der Waals surface area contributed by atoms with Gasteiger partial charge in [-0.15, -0.1) is 0 Å². The van der Waals surface area contributed by atoms with Crippen LogP contribution < -0.4 is 0 Å². The van der Waals surface area contributed by atoms with Gasteiger partial charge < -0.3 is 4.52 Å². The van der Waals surface area contributed by atoms with Crippen LogP contribution in [0.1, 0.15) is 11.5 Å². The van der Waals surface area contributed by atoms with Gasteiger partial charge in [0.05, 0.1) is 0 Å². The molecule has 0 N–H and O–H groups in total. The minimum absolute atomic E-state index is 0.408. The molecule has 0 spiro atoms. The van der Waals surface area contributed by atoms with Gasteiger partial charge in [-0.2, -0.15) is 4.98 Å². The Morgan fingerprint density at radius 2 is 1.85 bits per heavy atom. The van der Waals surface area contributed by atoms with E-state index in [-0.39, 0.29) is 0 Å². The van der Waals surface area contributed by atoms with Crippen molar-refractivity contribution in [3.05, 3.63) is 65.1 Å². The second-order valence-corrected chi connectivity index (χ2v) is 4.43. The lowest BCUT2D eigenvalue weighted by Gasteiger charge is -1.94. The average Bonchev–Trinajstić information content (AvgIpc) is 2.96. The number of rotatable bonds is 3. The Hall–Kier alpha value is -2.46. The maximum absolute atomic E-state index is 6.06. The lowest BCUT2D eigenvalue weighted by molar-refractivity contribution is 0.411. The van der Waals surface area contributed by atoms with E-state index in [1.54, 1.807) is 12.3 Å². The molecule has 0 aliphatic heterocycles. The Morgan fingerprint density at radius 1 is 1.00 bits per heavy atom. The summed E-state index contributed by atoms with van der Waals surface area (Å²) in [6.07, 6.45) is 5.24. The Kier molecular flexibility index (Phi) is 3.56. The Balaban J connectivity index is 1.83. The van der Waals surface area contributed by atoms with E-state index < -0.39 is 0 Å². The molecule has 0 saturated heterocycles. The summed E-state index contributed by atoms with van der Waals surface area (Å²) in [4.78, 5) is 8.42. The lowest BCUT2D eigenvalue weighted by Crippen LogP contribution is -1.83. The van der Waals surface area contributed by atoms with E-state index in [0.29, 0.717) is 22.4 Å². The van der Waals surface area contributed by atoms with Crippen LogP contribution in [0.3, 0.4) is 0 Å². The Labute approximate surface area is 120 Å². The Morgan fingerprint density at radius 3 is 2.65 bits per heavy atom. The van der Waals surface area contributed by atoms with E-state index in [1.165, 1.54) is 0 Å². The number of halogens is 1. The molecule has 2 aromatic heterocycles. The summed E-state index contributed by atoms with van der Waals surface area (Å²) in [5, 5.41) is 4.56. The molecule has 0 aliphatic rings. The van der Waals surface area contributed by atoms with E-state index in [4.69, 9.17) is 16.1 Å². The summed E-state index contributed by atoms with van der Waals surface area (Å²) in [6.45, 7) is 0. The van der Waals surface area contributed by atoms with Crippen LogP contribution in [0.5, 0.6) is 0 Å². The highest BCUT2D eigenvalue weighted by Gasteiger charge is 2.06. The fourth-order valence-electron chi connectivity index (χ4n) is 1.67. The van der Waals surface area contributed by atoms with Gasteiger partial charge in [-0.25, -0.2) is 0 Å². The molecule has 20 heavy (non-hydrogen) atoms. The van der Waals surface area contributed by atoms with Gasteiger partial charge >= 0.3 is 0 Å². The third kappa shape index (κ3) is 2.75. The smallest absolute Gasteiger partial charge is 0.251 e. The maximum Gasteiger partial charge on any atom is 0.251 e. The van der Waals surface area contributed by atoms with E-state index in [1.807, 2.05) is 48.5 Å². The second kappa shape index (κ2) is 5.67. The van der Waals surface area contributed by atoms with Crippen molar-refractivity contribution in [1.29, 1.82) is 0 Å². The molecular weight excluding hydrogens is 274 g/mol. The van der Waals surface area contributed by atoms with Crippen LogP contribution in [0.15, 0.2) is 53.2 Å². The molecular formula is C15H10ClN3O. The van der Waals surface area contributed by atoms with Crippen molar-refractivity contribution in [3.8, 4) is 11.5 Å². The zero-order valence-corrected chi connectivity index (χ0v) is 11.2. The van der Waals surface area contributed by atoms with Crippen molar-refractivity contribution in [3.63, 3.8) is 0 Å². The fourth-order valence-corrected chi connectivity index (χ4v) is 1.87. The minimum Gasteiger partial charge on any atom is -0.334 e. The predicted molar refractivity (Wildman–Crippen MR) is 77.9 cm³/mol. The molecule has 0 amide bonds. The summed E-state index contributed by atoms with van der Waals surface area (Å²) in [5.74, 6) is 0.870. The summed E-state index contributed by atoms with van der Waals surface area (Å²) in [5.41, 5.74) is 1.57. The topological polar surface area (TPSA) is 51.8 Å². The normalized spacial score (nSPS) is 11.1. The molecule has 5 heteroatoms. The first-order chi connectivity index (χ1) is 9.83. The number of hydrogen-bond donors (Lipinski definition) is 0. The van der Waals surface area contributed by atoms with Crippen molar-refractivity contribution in [2.75, 3.05) is 0 Å². The number of aromatic nitrogens is 3. The highest BCUT2D eigenvalue weighted by Crippen LogP contribution is 2.18. The van der Waals surface area contributed by atoms with Crippen molar-refractivity contribution in [2.45, 2.75) is 0 Å². The van der Waals surface area contributed by atoms with Crippen molar-refractivity contribution in [2.24, 2.45) is 0 Å². The van der Waals surface area contributed by atoms with Gasteiger partial charge in [-0.05, 0) is 29.8 Å². The molecule has 0 saturated carbocycles. The summed E-state index contributed by atoms with van der Waals surface area (Å²) < 4.78 is 5.15. The van der Waals surface area contributed by atoms with Crippen molar-refractivity contribution < 1.29 is 4.52 Å². The van der Waals surface area contributed by atoms with Crippen molar-refractivity contribution in [1.82, 2.24) is 15.1 Å². The van der Waals surface area contributed by atoms with Crippen LogP contribution in [-0.4, -0.2) is 15.1 Å². The van der Waals surface area contributed by atoms with Crippen LogP contribution >= 0.6 is 11.6 Å². The quantitative estimate of drug-likeness (QED) is 0.730. The monoisotopic (exact) mass is 283 g/mol. The third-order valence-corrected chi connectivity index (χ3v) is 2.99. The number of nitrogens with zero attached hydrogens (tertiary/aromatic N) is 3. The number of pyridine rings is 1. The van der Waals surface area contributed by atoms with Gasteiger partial charge in [0, 0.05) is 17.3 Å². The molecule has 0 atom stereocenters. The first-order valence-corrected chi connectivity index (χ1v) is 6.38. The third-order valence-electron chi connectivity index (χ3n) is 2.65. The van der Waals surface area contributed by atoms with Gasteiger partial charge in [-0.3, -0.25) is 4.98 Å². The molecule has 3 rings (SSSR count). The van der Waals surface area contributed by atoms with Crippen LogP contribution in [0.25, 0.3) is 23.7 Å². The molecule has 1 aromatic carbocycles. The van der Waals surface area contributed by atoms with E-state index in [2.05, 4.69) is 15.1 Å². The molecule has 98 valence electrons. The highest BCUT2D eigenvalue weighted by molar-refractivity contribution is 6.32. The maximum atomic E-state index is 6.06. The van der Waals surface area contributed by atoms with Gasteiger partial charge in [0.15, 0.2) is 0 Å². The van der Waals surface area contributed by atoms with Crippen LogP contribution in [-0.2, 0) is 0 Å².